The summed E-state index contributed by atoms with van der Waals surface area (Å²) in [4.78, 5) is 22.7. The molecule has 0 heterocycles. The Balaban J connectivity index is 2.16. The van der Waals surface area contributed by atoms with Gasteiger partial charge in [0, 0.05) is 20.2 Å². The number of benzene rings is 1. The molecular weight excluding hydrogens is 284 g/mol. The zero-order valence-electron chi connectivity index (χ0n) is 13.2. The van der Waals surface area contributed by atoms with Gasteiger partial charge >= 0.3 is 0 Å². The highest BCUT2D eigenvalue weighted by molar-refractivity contribution is 5.78. The first-order chi connectivity index (χ1) is 10.7. The minimum absolute atomic E-state index is 0.0189. The number of aryl methyl sites for hydroxylation is 1. The molecule has 6 heteroatoms. The van der Waals surface area contributed by atoms with Gasteiger partial charge in [0.2, 0.25) is 5.91 Å². The van der Waals surface area contributed by atoms with E-state index in [-0.39, 0.29) is 25.0 Å². The van der Waals surface area contributed by atoms with Crippen molar-refractivity contribution in [3.8, 4) is 5.75 Å². The van der Waals surface area contributed by atoms with Crippen LogP contribution in [0.1, 0.15) is 18.9 Å². The Bertz CT molecular complexity index is 460. The molecule has 0 unspecified atom stereocenters. The highest BCUT2D eigenvalue weighted by Crippen LogP contribution is 2.13. The molecule has 0 saturated carbocycles. The van der Waals surface area contributed by atoms with Crippen molar-refractivity contribution in [2.75, 3.05) is 33.4 Å². The zero-order chi connectivity index (χ0) is 16.2. The molecule has 0 aliphatic carbocycles. The van der Waals surface area contributed by atoms with Crippen molar-refractivity contribution < 1.29 is 19.1 Å². The third-order valence-electron chi connectivity index (χ3n) is 2.88. The molecule has 0 saturated heterocycles. The first-order valence-corrected chi connectivity index (χ1v) is 7.39. The maximum atomic E-state index is 11.6. The van der Waals surface area contributed by atoms with E-state index in [1.54, 1.807) is 0 Å². The third-order valence-corrected chi connectivity index (χ3v) is 2.88. The Morgan fingerprint density at radius 1 is 1.00 bits per heavy atom. The molecule has 6 nitrogen and oxygen atoms in total. The molecule has 2 amide bonds. The summed E-state index contributed by atoms with van der Waals surface area (Å²) in [5, 5.41) is 5.27. The third kappa shape index (κ3) is 7.64. The lowest BCUT2D eigenvalue weighted by atomic mass is 10.1. The standard InChI is InChI=1S/C16H24N2O4/c1-3-4-13-5-7-14(8-6-13)22-12-16(20)18-10-9-17-15(19)11-21-2/h5-8H,3-4,9-12H2,1-2H3,(H,17,19)(H,18,20). The van der Waals surface area contributed by atoms with Crippen LogP contribution in [0.2, 0.25) is 0 Å². The quantitative estimate of drug-likeness (QED) is 0.630. The lowest BCUT2D eigenvalue weighted by Gasteiger charge is -2.09. The average molecular weight is 308 g/mol. The fourth-order valence-corrected chi connectivity index (χ4v) is 1.83. The van der Waals surface area contributed by atoms with Crippen LogP contribution in [-0.2, 0) is 20.7 Å². The summed E-state index contributed by atoms with van der Waals surface area (Å²) in [7, 11) is 1.45. The van der Waals surface area contributed by atoms with E-state index >= 15 is 0 Å². The van der Waals surface area contributed by atoms with Crippen molar-refractivity contribution in [1.29, 1.82) is 0 Å². The van der Waals surface area contributed by atoms with Gasteiger partial charge < -0.3 is 20.1 Å². The van der Waals surface area contributed by atoms with Gasteiger partial charge in [-0.3, -0.25) is 9.59 Å². The van der Waals surface area contributed by atoms with Crippen LogP contribution in [0.15, 0.2) is 24.3 Å². The van der Waals surface area contributed by atoms with Crippen LogP contribution < -0.4 is 15.4 Å². The monoisotopic (exact) mass is 308 g/mol. The molecule has 22 heavy (non-hydrogen) atoms. The molecule has 0 spiro atoms. The van der Waals surface area contributed by atoms with Crippen LogP contribution in [0.3, 0.4) is 0 Å². The maximum absolute atomic E-state index is 11.6. The van der Waals surface area contributed by atoms with Crippen molar-refractivity contribution in [3.63, 3.8) is 0 Å². The normalized spacial score (nSPS) is 10.1. The first-order valence-electron chi connectivity index (χ1n) is 7.39. The Morgan fingerprint density at radius 3 is 2.14 bits per heavy atom. The SMILES string of the molecule is CCCc1ccc(OCC(=O)NCCNC(=O)COC)cc1. The van der Waals surface area contributed by atoms with Crippen LogP contribution >= 0.6 is 0 Å². The van der Waals surface area contributed by atoms with Crippen molar-refractivity contribution in [1.82, 2.24) is 10.6 Å². The van der Waals surface area contributed by atoms with Gasteiger partial charge in [0.05, 0.1) is 0 Å². The van der Waals surface area contributed by atoms with Crippen LogP contribution in [0, 0.1) is 0 Å². The van der Waals surface area contributed by atoms with Crippen LogP contribution in [0.4, 0.5) is 0 Å². The topological polar surface area (TPSA) is 76.7 Å². The molecule has 0 atom stereocenters. The molecule has 0 bridgehead atoms. The van der Waals surface area contributed by atoms with Gasteiger partial charge in [-0.1, -0.05) is 25.5 Å². The number of nitrogens with one attached hydrogen (secondary N) is 2. The Labute approximate surface area is 131 Å². The van der Waals surface area contributed by atoms with Gasteiger partial charge in [-0.25, -0.2) is 0 Å². The summed E-state index contributed by atoms with van der Waals surface area (Å²) in [5.41, 5.74) is 1.26. The molecule has 0 radical (unpaired) electrons. The van der Waals surface area contributed by atoms with Gasteiger partial charge in [0.1, 0.15) is 12.4 Å². The van der Waals surface area contributed by atoms with E-state index in [1.165, 1.54) is 12.7 Å². The molecule has 1 aromatic rings. The first kappa shape index (κ1) is 18.0. The smallest absolute Gasteiger partial charge is 0.258 e. The fraction of sp³-hybridized carbons (Fsp3) is 0.500. The number of methoxy groups -OCH3 is 1. The molecule has 0 aliphatic heterocycles. The summed E-state index contributed by atoms with van der Waals surface area (Å²) in [5.74, 6) is 0.238. The molecule has 0 fully saturated rings. The molecular formula is C16H24N2O4. The second-order valence-electron chi connectivity index (χ2n) is 4.82. The minimum atomic E-state index is -0.223. The van der Waals surface area contributed by atoms with E-state index in [4.69, 9.17) is 4.74 Å². The second-order valence-corrected chi connectivity index (χ2v) is 4.82. The number of carbonyl (C=O) groups is 2. The molecule has 0 aliphatic rings. The lowest BCUT2D eigenvalue weighted by Crippen LogP contribution is -2.37. The molecule has 1 aromatic carbocycles. The van der Waals surface area contributed by atoms with Gasteiger partial charge in [0.25, 0.3) is 5.91 Å². The van der Waals surface area contributed by atoms with Crippen molar-refractivity contribution >= 4 is 11.8 Å². The molecule has 1 rings (SSSR count). The molecule has 122 valence electrons. The summed E-state index contributed by atoms with van der Waals surface area (Å²) in [6, 6.07) is 7.73. The van der Waals surface area contributed by atoms with Crippen LogP contribution in [0.25, 0.3) is 0 Å². The van der Waals surface area contributed by atoms with Gasteiger partial charge in [-0.05, 0) is 24.1 Å². The Morgan fingerprint density at radius 2 is 1.59 bits per heavy atom. The van der Waals surface area contributed by atoms with E-state index in [2.05, 4.69) is 22.3 Å². The van der Waals surface area contributed by atoms with E-state index < -0.39 is 0 Å². The van der Waals surface area contributed by atoms with Crippen molar-refractivity contribution in [3.05, 3.63) is 29.8 Å². The van der Waals surface area contributed by atoms with E-state index in [0.717, 1.165) is 12.8 Å². The van der Waals surface area contributed by atoms with E-state index in [9.17, 15) is 9.59 Å². The summed E-state index contributed by atoms with van der Waals surface area (Å²) in [6.45, 7) is 2.82. The second kappa shape index (κ2) is 10.6. The van der Waals surface area contributed by atoms with E-state index in [1.807, 2.05) is 24.3 Å². The molecule has 2 N–H and O–H groups in total. The number of rotatable bonds is 10. The number of ether oxygens (including phenoxy) is 2. The number of hydrogen-bond acceptors (Lipinski definition) is 4. The van der Waals surface area contributed by atoms with Gasteiger partial charge in [0.15, 0.2) is 6.61 Å². The largest absolute Gasteiger partial charge is 0.484 e. The summed E-state index contributed by atoms with van der Waals surface area (Å²) >= 11 is 0. The number of amides is 2. The lowest BCUT2D eigenvalue weighted by molar-refractivity contribution is -0.125. The predicted molar refractivity (Wildman–Crippen MR) is 83.8 cm³/mol. The average Bonchev–Trinajstić information content (AvgIpc) is 2.51. The highest BCUT2D eigenvalue weighted by atomic mass is 16.5. The van der Waals surface area contributed by atoms with Gasteiger partial charge in [-0.15, -0.1) is 0 Å². The van der Waals surface area contributed by atoms with Gasteiger partial charge in [-0.2, -0.15) is 0 Å². The maximum Gasteiger partial charge on any atom is 0.258 e. The zero-order valence-corrected chi connectivity index (χ0v) is 13.2. The summed E-state index contributed by atoms with van der Waals surface area (Å²) < 4.78 is 10.1. The van der Waals surface area contributed by atoms with Crippen LogP contribution in [-0.4, -0.2) is 45.2 Å². The van der Waals surface area contributed by atoms with Crippen molar-refractivity contribution in [2.24, 2.45) is 0 Å². The highest BCUT2D eigenvalue weighted by Gasteiger charge is 2.03. The Kier molecular flexibility index (Phi) is 8.67. The number of carbonyl (C=O) groups excluding carboxylic acids is 2. The predicted octanol–water partition coefficient (Wildman–Crippen LogP) is 0.897. The number of hydrogen-bond donors (Lipinski definition) is 2. The van der Waals surface area contributed by atoms with E-state index in [0.29, 0.717) is 18.8 Å². The fourth-order valence-electron chi connectivity index (χ4n) is 1.83. The van der Waals surface area contributed by atoms with Crippen LogP contribution in [0.5, 0.6) is 5.75 Å². The van der Waals surface area contributed by atoms with Crippen molar-refractivity contribution in [2.45, 2.75) is 19.8 Å². The Hall–Kier alpha value is -2.08. The molecule has 0 aromatic heterocycles. The summed E-state index contributed by atoms with van der Waals surface area (Å²) in [6.07, 6.45) is 2.14. The minimum Gasteiger partial charge on any atom is -0.484 e.